The number of carboxylic acids is 1. The number of likely N-dealkylation sites (tertiary alicyclic amines) is 2. The number of ether oxygens (including phenoxy) is 1. The maximum atomic E-state index is 13.4. The number of nitrogens with one attached hydrogen (secondary N) is 1. The number of aliphatic carboxylic acids is 1. The second kappa shape index (κ2) is 14.5. The van der Waals surface area contributed by atoms with Crippen LogP contribution in [0.5, 0.6) is 5.75 Å². The fraction of sp³-hybridized carbons (Fsp3) is 0.545. The predicted octanol–water partition coefficient (Wildman–Crippen LogP) is 5.39. The topological polar surface area (TPSA) is 99.2 Å². The molecular weight excluding hydrogens is 575 g/mol. The largest absolute Gasteiger partial charge is 0.497 e. The van der Waals surface area contributed by atoms with Crippen molar-refractivity contribution in [1.29, 1.82) is 0 Å². The molecule has 2 N–H and O–H groups in total. The van der Waals surface area contributed by atoms with Gasteiger partial charge in [-0.3, -0.25) is 9.59 Å². The van der Waals surface area contributed by atoms with Gasteiger partial charge in [0.05, 0.1) is 13.2 Å². The quantitative estimate of drug-likeness (QED) is 0.413. The first-order chi connectivity index (χ1) is 20.9. The zero-order valence-electron chi connectivity index (χ0n) is 25.5. The molecule has 240 valence electrons. The maximum absolute atomic E-state index is 13.4. The Morgan fingerprint density at radius 3 is 2.02 bits per heavy atom. The molecule has 44 heavy (non-hydrogen) atoms. The number of carboxylic acid groups (broad SMARTS) is 1. The van der Waals surface area contributed by atoms with Gasteiger partial charge in [-0.25, -0.2) is 4.79 Å². The van der Waals surface area contributed by atoms with E-state index in [1.165, 1.54) is 18.4 Å². The lowest BCUT2D eigenvalue weighted by molar-refractivity contribution is -0.192. The summed E-state index contributed by atoms with van der Waals surface area (Å²) in [4.78, 5) is 39.8. The van der Waals surface area contributed by atoms with Gasteiger partial charge in [0, 0.05) is 44.2 Å². The van der Waals surface area contributed by atoms with Gasteiger partial charge in [0.2, 0.25) is 5.91 Å². The molecule has 0 radical (unpaired) electrons. The zero-order chi connectivity index (χ0) is 32.0. The number of fused-ring (bicyclic) bond motifs is 1. The summed E-state index contributed by atoms with van der Waals surface area (Å²) in [7, 11) is 1.66. The number of nitrogens with zero attached hydrogens (tertiary/aromatic N) is 2. The maximum Gasteiger partial charge on any atom is 0.490 e. The molecule has 1 aliphatic carbocycles. The van der Waals surface area contributed by atoms with E-state index in [1.807, 2.05) is 32.0 Å². The number of rotatable bonds is 8. The molecule has 2 amide bonds. The fourth-order valence-corrected chi connectivity index (χ4v) is 6.77. The summed E-state index contributed by atoms with van der Waals surface area (Å²) >= 11 is 0. The van der Waals surface area contributed by atoms with Crippen LogP contribution in [0.3, 0.4) is 0 Å². The van der Waals surface area contributed by atoms with Crippen LogP contribution in [-0.4, -0.2) is 78.7 Å². The van der Waals surface area contributed by atoms with Crippen LogP contribution in [0, 0.1) is 31.6 Å². The Kier molecular flexibility index (Phi) is 10.9. The van der Waals surface area contributed by atoms with Gasteiger partial charge in [-0.05, 0) is 73.8 Å². The summed E-state index contributed by atoms with van der Waals surface area (Å²) < 4.78 is 37.1. The van der Waals surface area contributed by atoms with E-state index in [0.717, 1.165) is 74.4 Å². The van der Waals surface area contributed by atoms with E-state index >= 15 is 0 Å². The lowest BCUT2D eigenvalue weighted by Gasteiger charge is -2.26. The number of halogens is 3. The van der Waals surface area contributed by atoms with Crippen LogP contribution in [0.25, 0.3) is 0 Å². The molecule has 2 saturated heterocycles. The first kappa shape index (κ1) is 33.3. The number of alkyl halides is 3. The molecule has 2 aromatic carbocycles. The van der Waals surface area contributed by atoms with Crippen molar-refractivity contribution in [2.24, 2.45) is 17.8 Å². The van der Waals surface area contributed by atoms with Crippen LogP contribution >= 0.6 is 0 Å². The minimum atomic E-state index is -5.08. The number of carbonyl (C=O) groups is 3. The summed E-state index contributed by atoms with van der Waals surface area (Å²) in [6.45, 7) is 8.64. The van der Waals surface area contributed by atoms with Crippen LogP contribution in [-0.2, 0) is 9.59 Å². The van der Waals surface area contributed by atoms with E-state index in [9.17, 15) is 22.8 Å². The van der Waals surface area contributed by atoms with E-state index in [2.05, 4.69) is 39.4 Å². The second-order valence-corrected chi connectivity index (χ2v) is 12.2. The van der Waals surface area contributed by atoms with Gasteiger partial charge in [-0.2, -0.15) is 13.2 Å². The van der Waals surface area contributed by atoms with Gasteiger partial charge < -0.3 is 25.0 Å². The van der Waals surface area contributed by atoms with Crippen LogP contribution in [0.15, 0.2) is 42.5 Å². The molecule has 5 rings (SSSR count). The molecule has 11 heteroatoms. The number of methoxy groups -OCH3 is 1. The van der Waals surface area contributed by atoms with Crippen molar-refractivity contribution >= 4 is 17.8 Å². The van der Waals surface area contributed by atoms with Gasteiger partial charge in [0.25, 0.3) is 5.91 Å². The highest BCUT2D eigenvalue weighted by molar-refractivity contribution is 5.97. The molecule has 1 saturated carbocycles. The molecule has 8 nitrogen and oxygen atoms in total. The molecule has 2 aliphatic heterocycles. The highest BCUT2D eigenvalue weighted by Crippen LogP contribution is 2.34. The Bertz CT molecular complexity index is 1280. The van der Waals surface area contributed by atoms with Crippen molar-refractivity contribution in [3.05, 3.63) is 64.7 Å². The molecule has 3 fully saturated rings. The second-order valence-electron chi connectivity index (χ2n) is 12.2. The van der Waals surface area contributed by atoms with Crippen molar-refractivity contribution in [2.45, 2.75) is 58.2 Å². The fourth-order valence-electron chi connectivity index (χ4n) is 6.77. The van der Waals surface area contributed by atoms with E-state index < -0.39 is 12.1 Å². The molecule has 2 unspecified atom stereocenters. The Hall–Kier alpha value is -3.60. The summed E-state index contributed by atoms with van der Waals surface area (Å²) in [6, 6.07) is 14.4. The average Bonchev–Trinajstić information content (AvgIpc) is 3.72. The van der Waals surface area contributed by atoms with E-state index in [4.69, 9.17) is 14.6 Å². The minimum Gasteiger partial charge on any atom is -0.497 e. The Morgan fingerprint density at radius 1 is 0.977 bits per heavy atom. The first-order valence-electron chi connectivity index (χ1n) is 15.2. The van der Waals surface area contributed by atoms with E-state index in [-0.39, 0.29) is 23.8 Å². The first-order valence-corrected chi connectivity index (χ1v) is 15.2. The Morgan fingerprint density at radius 2 is 1.52 bits per heavy atom. The lowest BCUT2D eigenvalue weighted by Crippen LogP contribution is -2.37. The third kappa shape index (κ3) is 8.31. The normalized spacial score (nSPS) is 20.9. The molecule has 3 atom stereocenters. The molecule has 3 aliphatic rings. The van der Waals surface area contributed by atoms with Crippen molar-refractivity contribution in [3.63, 3.8) is 0 Å². The van der Waals surface area contributed by atoms with E-state index in [1.54, 1.807) is 7.11 Å². The van der Waals surface area contributed by atoms with Crippen LogP contribution in [0.4, 0.5) is 13.2 Å². The third-order valence-electron chi connectivity index (χ3n) is 9.03. The van der Waals surface area contributed by atoms with E-state index in [0.29, 0.717) is 11.8 Å². The standard InChI is InChI=1S/C31H41N3O3.C2HF3O2/c1-21-15-27(37-3)16-22(2)29(21)31(36)34-19-25-17-33(18-26(25)20-34)14-13-28(23-9-5-4-6-10-23)32-30(35)24-11-7-8-12-24;3-2(4,5)1(6)7/h4-6,9-10,15-16,24-26,28H,7-8,11-14,17-20H2,1-3H3,(H,32,35);(H,6,7)/t25-,26?,28?;/m0./s1. The van der Waals surface area contributed by atoms with Gasteiger partial charge in [-0.15, -0.1) is 0 Å². The van der Waals surface area contributed by atoms with Crippen molar-refractivity contribution in [2.75, 3.05) is 39.8 Å². The average molecular weight is 618 g/mol. The van der Waals surface area contributed by atoms with Crippen molar-refractivity contribution < 1.29 is 37.4 Å². The Labute approximate surface area is 256 Å². The molecule has 0 aromatic heterocycles. The SMILES string of the molecule is COc1cc(C)c(C(=O)N2CC3CN(CCC(NC(=O)C4CCCC4)c4ccccc4)C[C@H]3C2)c(C)c1.O=C(O)C(F)(F)F. The number of hydrogen-bond acceptors (Lipinski definition) is 5. The predicted molar refractivity (Wildman–Crippen MR) is 159 cm³/mol. The van der Waals surface area contributed by atoms with Crippen molar-refractivity contribution in [1.82, 2.24) is 15.1 Å². The molecule has 2 aromatic rings. The zero-order valence-corrected chi connectivity index (χ0v) is 25.5. The van der Waals surface area contributed by atoms with Crippen LogP contribution in [0.2, 0.25) is 0 Å². The summed E-state index contributed by atoms with van der Waals surface area (Å²) in [5, 5.41) is 10.5. The summed E-state index contributed by atoms with van der Waals surface area (Å²) in [5.41, 5.74) is 3.97. The van der Waals surface area contributed by atoms with Crippen LogP contribution in [0.1, 0.15) is 65.2 Å². The van der Waals surface area contributed by atoms with Crippen LogP contribution < -0.4 is 10.1 Å². The minimum absolute atomic E-state index is 0.0499. The number of hydrogen-bond donors (Lipinski definition) is 2. The van der Waals surface area contributed by atoms with Gasteiger partial charge in [-0.1, -0.05) is 43.2 Å². The van der Waals surface area contributed by atoms with Gasteiger partial charge in [0.1, 0.15) is 5.75 Å². The number of aryl methyl sites for hydroxylation is 2. The Balaban J connectivity index is 0.000000566. The molecule has 2 heterocycles. The third-order valence-corrected chi connectivity index (χ3v) is 9.03. The number of benzene rings is 2. The monoisotopic (exact) mass is 617 g/mol. The van der Waals surface area contributed by atoms with Gasteiger partial charge in [0.15, 0.2) is 0 Å². The smallest absolute Gasteiger partial charge is 0.490 e. The van der Waals surface area contributed by atoms with Gasteiger partial charge >= 0.3 is 12.1 Å². The number of amides is 2. The summed E-state index contributed by atoms with van der Waals surface area (Å²) in [5.74, 6) is -0.363. The summed E-state index contributed by atoms with van der Waals surface area (Å²) in [6.07, 6.45) is 0.208. The highest BCUT2D eigenvalue weighted by Gasteiger charge is 2.42. The molecule has 0 spiro atoms. The molecule has 0 bridgehead atoms. The highest BCUT2D eigenvalue weighted by atomic mass is 19.4. The van der Waals surface area contributed by atoms with Crippen molar-refractivity contribution in [3.8, 4) is 5.75 Å². The number of carbonyl (C=O) groups excluding carboxylic acids is 2. The molecular formula is C33H42F3N3O5. The lowest BCUT2D eigenvalue weighted by atomic mass is 10.0.